The summed E-state index contributed by atoms with van der Waals surface area (Å²) in [5.41, 5.74) is 0.992. The van der Waals surface area contributed by atoms with Crippen LogP contribution in [0, 0.1) is 11.8 Å². The first-order valence-electron chi connectivity index (χ1n) is 10.3. The van der Waals surface area contributed by atoms with Crippen molar-refractivity contribution in [3.63, 3.8) is 0 Å². The van der Waals surface area contributed by atoms with Gasteiger partial charge in [0.1, 0.15) is 5.75 Å². The van der Waals surface area contributed by atoms with Gasteiger partial charge in [-0.1, -0.05) is 30.0 Å². The Morgan fingerprint density at radius 3 is 2.74 bits per heavy atom. The zero-order valence-electron chi connectivity index (χ0n) is 18.3. The van der Waals surface area contributed by atoms with Crippen molar-refractivity contribution in [2.75, 3.05) is 13.7 Å². The van der Waals surface area contributed by atoms with Gasteiger partial charge in [0.15, 0.2) is 0 Å². The number of ether oxygens (including phenoxy) is 1. The molecule has 2 aromatic carbocycles. The molecule has 1 aromatic heterocycles. The number of nitrogens with one attached hydrogen (secondary N) is 2. The van der Waals surface area contributed by atoms with Crippen molar-refractivity contribution < 1.29 is 19.1 Å². The van der Waals surface area contributed by atoms with Crippen molar-refractivity contribution in [3.05, 3.63) is 59.2 Å². The Morgan fingerprint density at radius 2 is 2.03 bits per heavy atom. The van der Waals surface area contributed by atoms with Gasteiger partial charge in [-0.2, -0.15) is 4.80 Å². The lowest BCUT2D eigenvalue weighted by Crippen LogP contribution is -2.54. The number of aryl methyl sites for hydroxylation is 1. The molecule has 3 aromatic rings. The summed E-state index contributed by atoms with van der Waals surface area (Å²) in [6, 6.07) is 11.7. The monoisotopic (exact) mass is 457 g/mol. The van der Waals surface area contributed by atoms with Crippen molar-refractivity contribution in [2.24, 2.45) is 7.05 Å². The first kappa shape index (κ1) is 21.1. The summed E-state index contributed by atoms with van der Waals surface area (Å²) in [7, 11) is 3.19. The first-order valence-corrected chi connectivity index (χ1v) is 10.3. The fraction of sp³-hybridized carbons (Fsp3) is 0.217. The number of hydrogen-bond donors (Lipinski definition) is 2. The third-order valence-electron chi connectivity index (χ3n) is 5.61. The van der Waals surface area contributed by atoms with E-state index in [0.717, 1.165) is 5.56 Å². The number of urea groups is 1. The topological polar surface area (TPSA) is 131 Å². The summed E-state index contributed by atoms with van der Waals surface area (Å²) < 4.78 is 5.21. The highest BCUT2D eigenvalue weighted by molar-refractivity contribution is 6.10. The van der Waals surface area contributed by atoms with E-state index in [4.69, 9.17) is 4.74 Å². The Kier molecular flexibility index (Phi) is 4.98. The van der Waals surface area contributed by atoms with Crippen LogP contribution in [-0.2, 0) is 18.4 Å². The third-order valence-corrected chi connectivity index (χ3v) is 5.61. The molecule has 2 N–H and O–H groups in total. The SMILES string of the molecule is COc1ccc2c(c1)C(=O)N(C[C@@]1(C#Cc3cccc(-c4nnn(C)n4)c3)NC(=O)NC1=O)C2. The molecular weight excluding hydrogens is 438 g/mol. The summed E-state index contributed by atoms with van der Waals surface area (Å²) in [6.45, 7) is 0.178. The first-order chi connectivity index (χ1) is 16.4. The average molecular weight is 457 g/mol. The van der Waals surface area contributed by atoms with Gasteiger partial charge in [-0.25, -0.2) is 4.79 Å². The Hall–Kier alpha value is -4.72. The van der Waals surface area contributed by atoms with Crippen LogP contribution in [0.3, 0.4) is 0 Å². The van der Waals surface area contributed by atoms with Gasteiger partial charge in [0.2, 0.25) is 11.4 Å². The predicted octanol–water partition coefficient (Wildman–Crippen LogP) is 0.471. The van der Waals surface area contributed by atoms with E-state index in [0.29, 0.717) is 34.8 Å². The van der Waals surface area contributed by atoms with E-state index in [-0.39, 0.29) is 12.5 Å². The fourth-order valence-corrected chi connectivity index (χ4v) is 3.93. The van der Waals surface area contributed by atoms with E-state index in [1.807, 2.05) is 12.1 Å². The number of aromatic nitrogens is 4. The van der Waals surface area contributed by atoms with Gasteiger partial charge in [-0.05, 0) is 35.0 Å². The van der Waals surface area contributed by atoms with E-state index in [1.54, 1.807) is 37.4 Å². The minimum absolute atomic E-state index is 0.112. The van der Waals surface area contributed by atoms with Crippen molar-refractivity contribution in [3.8, 4) is 29.0 Å². The number of carbonyl (C=O) groups is 3. The van der Waals surface area contributed by atoms with E-state index in [2.05, 4.69) is 37.9 Å². The van der Waals surface area contributed by atoms with Crippen molar-refractivity contribution in [1.29, 1.82) is 0 Å². The van der Waals surface area contributed by atoms with Gasteiger partial charge >= 0.3 is 6.03 Å². The quantitative estimate of drug-likeness (QED) is 0.430. The molecule has 0 aliphatic carbocycles. The number of methoxy groups -OCH3 is 1. The zero-order valence-corrected chi connectivity index (χ0v) is 18.3. The molecule has 1 fully saturated rings. The highest BCUT2D eigenvalue weighted by Crippen LogP contribution is 2.28. The molecule has 2 aliphatic heterocycles. The van der Waals surface area contributed by atoms with Gasteiger partial charge in [0.25, 0.3) is 11.8 Å². The Balaban J connectivity index is 1.45. The molecular formula is C23H19N7O4. The molecule has 0 radical (unpaired) electrons. The van der Waals surface area contributed by atoms with E-state index < -0.39 is 17.5 Å². The summed E-state index contributed by atoms with van der Waals surface area (Å²) in [6.07, 6.45) is 0. The Bertz CT molecular complexity index is 1400. The van der Waals surface area contributed by atoms with E-state index in [9.17, 15) is 14.4 Å². The van der Waals surface area contributed by atoms with Crippen molar-refractivity contribution in [1.82, 2.24) is 35.7 Å². The maximum atomic E-state index is 13.0. The lowest BCUT2D eigenvalue weighted by atomic mass is 9.98. The van der Waals surface area contributed by atoms with Gasteiger partial charge in [0.05, 0.1) is 20.7 Å². The summed E-state index contributed by atoms with van der Waals surface area (Å²) in [5, 5.41) is 16.8. The summed E-state index contributed by atoms with van der Waals surface area (Å²) in [4.78, 5) is 40.7. The van der Waals surface area contributed by atoms with Gasteiger partial charge in [0, 0.05) is 23.2 Å². The predicted molar refractivity (Wildman–Crippen MR) is 118 cm³/mol. The minimum atomic E-state index is -1.60. The molecule has 5 rings (SSSR count). The number of hydrogen-bond acceptors (Lipinski definition) is 7. The number of tetrazole rings is 1. The number of imide groups is 1. The second kappa shape index (κ2) is 8.00. The second-order valence-electron chi connectivity index (χ2n) is 7.93. The second-order valence-corrected chi connectivity index (χ2v) is 7.93. The van der Waals surface area contributed by atoms with Crippen LogP contribution in [0.4, 0.5) is 4.79 Å². The van der Waals surface area contributed by atoms with Crippen LogP contribution in [0.1, 0.15) is 21.5 Å². The Labute approximate surface area is 194 Å². The molecule has 170 valence electrons. The normalized spacial score (nSPS) is 18.8. The van der Waals surface area contributed by atoms with Gasteiger partial charge in [-0.15, -0.1) is 10.2 Å². The molecule has 4 amide bonds. The molecule has 1 saturated heterocycles. The molecule has 0 saturated carbocycles. The highest BCUT2D eigenvalue weighted by atomic mass is 16.5. The van der Waals surface area contributed by atoms with Crippen LogP contribution < -0.4 is 15.4 Å². The highest BCUT2D eigenvalue weighted by Gasteiger charge is 2.48. The van der Waals surface area contributed by atoms with Crippen LogP contribution in [0.15, 0.2) is 42.5 Å². The maximum absolute atomic E-state index is 13.0. The van der Waals surface area contributed by atoms with Crippen LogP contribution in [-0.4, -0.2) is 62.1 Å². The number of carbonyl (C=O) groups excluding carboxylic acids is 3. The fourth-order valence-electron chi connectivity index (χ4n) is 3.93. The largest absolute Gasteiger partial charge is 0.497 e. The van der Waals surface area contributed by atoms with E-state index in [1.165, 1.54) is 16.8 Å². The lowest BCUT2D eigenvalue weighted by Gasteiger charge is -2.26. The third kappa shape index (κ3) is 3.71. The number of amides is 4. The average Bonchev–Trinajstić information content (AvgIpc) is 3.48. The minimum Gasteiger partial charge on any atom is -0.497 e. The van der Waals surface area contributed by atoms with Gasteiger partial charge < -0.3 is 15.0 Å². The number of benzene rings is 2. The van der Waals surface area contributed by atoms with Crippen LogP contribution in [0.5, 0.6) is 5.75 Å². The zero-order chi connectivity index (χ0) is 23.9. The van der Waals surface area contributed by atoms with Crippen molar-refractivity contribution in [2.45, 2.75) is 12.1 Å². The number of nitrogens with zero attached hydrogens (tertiary/aromatic N) is 5. The summed E-state index contributed by atoms with van der Waals surface area (Å²) >= 11 is 0. The van der Waals surface area contributed by atoms with Crippen molar-refractivity contribution >= 4 is 17.8 Å². The standard InChI is InChI=1S/C23H19N7O4/c1-29-27-19(26-28-29)15-5-3-4-14(10-15)8-9-23(21(32)24-22(33)25-23)13-30-12-16-6-7-17(34-2)11-18(16)20(30)31/h3-7,10-11H,12-13H2,1-2H3,(H2,24,25,32,33)/t23-/m1/s1. The lowest BCUT2D eigenvalue weighted by molar-refractivity contribution is -0.122. The molecule has 2 aliphatic rings. The smallest absolute Gasteiger partial charge is 0.323 e. The molecule has 11 nitrogen and oxygen atoms in total. The molecule has 11 heteroatoms. The van der Waals surface area contributed by atoms with E-state index >= 15 is 0 Å². The number of rotatable bonds is 4. The maximum Gasteiger partial charge on any atom is 0.323 e. The summed E-state index contributed by atoms with van der Waals surface area (Å²) in [5.74, 6) is 5.98. The van der Waals surface area contributed by atoms with Crippen LogP contribution in [0.25, 0.3) is 11.4 Å². The molecule has 0 bridgehead atoms. The molecule has 3 heterocycles. The molecule has 0 unspecified atom stereocenters. The van der Waals surface area contributed by atoms with Crippen LogP contribution in [0.2, 0.25) is 0 Å². The van der Waals surface area contributed by atoms with Gasteiger partial charge in [-0.3, -0.25) is 14.9 Å². The van der Waals surface area contributed by atoms with Crippen LogP contribution >= 0.6 is 0 Å². The molecule has 34 heavy (non-hydrogen) atoms. The number of fused-ring (bicyclic) bond motifs is 1. The Morgan fingerprint density at radius 1 is 1.18 bits per heavy atom. The molecule has 1 atom stereocenters. The molecule has 0 spiro atoms.